The van der Waals surface area contributed by atoms with Crippen molar-refractivity contribution in [1.29, 1.82) is 0 Å². The Labute approximate surface area is 214 Å². The summed E-state index contributed by atoms with van der Waals surface area (Å²) in [5, 5.41) is 9.02. The van der Waals surface area contributed by atoms with Crippen LogP contribution < -0.4 is 10.6 Å². The predicted octanol–water partition coefficient (Wildman–Crippen LogP) is 3.12. The summed E-state index contributed by atoms with van der Waals surface area (Å²) in [6, 6.07) is -0.851. The van der Waals surface area contributed by atoms with Crippen LogP contribution in [-0.2, 0) is 25.7 Å². The molecule has 0 unspecified atom stereocenters. The Morgan fingerprint density at radius 3 is 2.85 bits per heavy atom. The van der Waals surface area contributed by atoms with Gasteiger partial charge in [0.05, 0.1) is 13.0 Å². The van der Waals surface area contributed by atoms with Gasteiger partial charge in [0.15, 0.2) is 0 Å². The molecule has 2 aliphatic heterocycles. The van der Waals surface area contributed by atoms with Gasteiger partial charge in [-0.15, -0.1) is 23.1 Å². The van der Waals surface area contributed by atoms with Gasteiger partial charge in [0.25, 0.3) is 0 Å². The lowest BCUT2D eigenvalue weighted by Gasteiger charge is -2.27. The number of rotatable bonds is 6. The lowest BCUT2D eigenvalue weighted by molar-refractivity contribution is -0.153. The number of thiol groups is 1. The number of carbonyl (C=O) groups is 3. The highest BCUT2D eigenvalue weighted by molar-refractivity contribution is 8.14. The van der Waals surface area contributed by atoms with Crippen molar-refractivity contribution in [3.8, 4) is 0 Å². The van der Waals surface area contributed by atoms with Crippen LogP contribution in [0.3, 0.4) is 0 Å². The minimum atomic E-state index is -1.01. The number of hydrogen-bond donors (Lipinski definition) is 3. The van der Waals surface area contributed by atoms with Gasteiger partial charge >= 0.3 is 5.97 Å². The van der Waals surface area contributed by atoms with Crippen molar-refractivity contribution in [3.63, 3.8) is 0 Å². The molecule has 0 aliphatic carbocycles. The van der Waals surface area contributed by atoms with E-state index in [1.54, 1.807) is 13.0 Å². The minimum Gasteiger partial charge on any atom is -0.456 e. The average Bonchev–Trinajstić information content (AvgIpc) is 3.42. The van der Waals surface area contributed by atoms with Gasteiger partial charge in [0.2, 0.25) is 11.8 Å². The largest absolute Gasteiger partial charge is 0.456 e. The van der Waals surface area contributed by atoms with Gasteiger partial charge in [0, 0.05) is 11.1 Å². The second kappa shape index (κ2) is 12.2. The zero-order valence-electron chi connectivity index (χ0n) is 19.7. The van der Waals surface area contributed by atoms with Gasteiger partial charge in [-0.05, 0) is 43.9 Å². The summed E-state index contributed by atoms with van der Waals surface area (Å²) in [6.07, 6.45) is 5.69. The Hall–Kier alpha value is -1.85. The molecule has 3 atom stereocenters. The molecule has 2 amide bonds. The molecule has 3 rings (SSSR count). The fourth-order valence-corrected chi connectivity index (χ4v) is 5.60. The number of allylic oxidation sites excluding steroid dienone is 1. The van der Waals surface area contributed by atoms with Crippen LogP contribution in [0.15, 0.2) is 22.5 Å². The fraction of sp³-hybridized carbons (Fsp3) is 0.609. The number of esters is 1. The quantitative estimate of drug-likeness (QED) is 0.228. The number of aromatic nitrogens is 1. The van der Waals surface area contributed by atoms with E-state index < -0.39 is 23.7 Å². The monoisotopic (exact) mass is 524 g/mol. The second-order valence-corrected chi connectivity index (χ2v) is 11.3. The van der Waals surface area contributed by atoms with E-state index in [1.165, 1.54) is 23.1 Å². The molecule has 8 nitrogen and oxygen atoms in total. The molecular weight excluding hydrogens is 492 g/mol. The van der Waals surface area contributed by atoms with E-state index >= 15 is 0 Å². The van der Waals surface area contributed by atoms with Crippen molar-refractivity contribution in [2.75, 3.05) is 11.5 Å². The molecule has 1 aromatic rings. The zero-order valence-corrected chi connectivity index (χ0v) is 22.2. The molecule has 0 saturated heterocycles. The van der Waals surface area contributed by atoms with Gasteiger partial charge in [-0.2, -0.15) is 12.6 Å². The number of ether oxygens (including phenoxy) is 1. The number of thioether (sulfide) groups is 1. The second-order valence-electron chi connectivity index (χ2n) is 8.90. The van der Waals surface area contributed by atoms with Crippen molar-refractivity contribution >= 4 is 58.6 Å². The topological polar surface area (TPSA) is 110 Å². The van der Waals surface area contributed by atoms with E-state index in [9.17, 15) is 14.4 Å². The number of unbranched alkanes of at least 4 members (excludes halogenated alkanes) is 2. The number of nitrogens with zero attached hydrogens (tertiary/aromatic N) is 2. The molecule has 3 heterocycles. The van der Waals surface area contributed by atoms with Crippen molar-refractivity contribution in [1.82, 2.24) is 15.6 Å². The molecule has 11 heteroatoms. The van der Waals surface area contributed by atoms with Crippen LogP contribution >= 0.6 is 35.7 Å². The molecule has 186 valence electrons. The third-order valence-corrected chi connectivity index (χ3v) is 7.97. The van der Waals surface area contributed by atoms with Crippen molar-refractivity contribution in [2.24, 2.45) is 10.9 Å². The minimum absolute atomic E-state index is 0.00786. The first kappa shape index (κ1) is 26.7. The number of cyclic esters (lactones) is 1. The molecule has 0 radical (unpaired) electrons. The van der Waals surface area contributed by atoms with Crippen molar-refractivity contribution in [2.45, 2.75) is 70.7 Å². The summed E-state index contributed by atoms with van der Waals surface area (Å²) in [7, 11) is 0. The molecule has 34 heavy (non-hydrogen) atoms. The predicted molar refractivity (Wildman–Crippen MR) is 139 cm³/mol. The summed E-state index contributed by atoms with van der Waals surface area (Å²) in [6.45, 7) is 5.73. The van der Waals surface area contributed by atoms with Crippen molar-refractivity contribution < 1.29 is 19.1 Å². The molecule has 4 bridgehead atoms. The molecule has 0 fully saturated rings. The smallest absolute Gasteiger partial charge is 0.329 e. The number of nitrogens with one attached hydrogen (secondary N) is 2. The highest BCUT2D eigenvalue weighted by atomic mass is 32.2. The molecule has 1 aromatic heterocycles. The first-order chi connectivity index (χ1) is 16.2. The Kier molecular flexibility index (Phi) is 9.61. The van der Waals surface area contributed by atoms with E-state index in [4.69, 9.17) is 4.74 Å². The Morgan fingerprint density at radius 1 is 1.32 bits per heavy atom. The van der Waals surface area contributed by atoms with E-state index in [0.29, 0.717) is 16.5 Å². The Bertz CT molecular complexity index is 962. The number of amides is 2. The summed E-state index contributed by atoms with van der Waals surface area (Å²) < 4.78 is 5.72. The number of fused-ring (bicyclic) bond motifs is 4. The summed E-state index contributed by atoms with van der Waals surface area (Å²) in [4.78, 5) is 48.1. The highest BCUT2D eigenvalue weighted by Crippen LogP contribution is 2.32. The standard InChI is InChI=1S/C23H32N4O4S3/c1-14(2)19-21(29)31-15(8-6-4-5-7-9-32)10-17(28)24-11-18-25-16(12-33-18)20-27-23(3,13-34-20)22(30)26-19/h6,8,12,14-15,19,32H,4-5,7,9-11,13H2,1-3H3,(H,24,28)(H,26,30)/b8-6+/t15-,19+,23+/m1/s1. The van der Waals surface area contributed by atoms with Gasteiger partial charge < -0.3 is 15.4 Å². The van der Waals surface area contributed by atoms with Gasteiger partial charge in [-0.1, -0.05) is 19.9 Å². The van der Waals surface area contributed by atoms with Gasteiger partial charge in [-0.3, -0.25) is 14.6 Å². The van der Waals surface area contributed by atoms with Gasteiger partial charge in [0.1, 0.15) is 33.4 Å². The Balaban J connectivity index is 1.86. The average molecular weight is 525 g/mol. The number of carbonyl (C=O) groups excluding carboxylic acids is 3. The zero-order chi connectivity index (χ0) is 24.7. The van der Waals surface area contributed by atoms with Crippen LogP contribution in [0, 0.1) is 5.92 Å². The van der Waals surface area contributed by atoms with Crippen LogP contribution in [0.1, 0.15) is 57.2 Å². The van der Waals surface area contributed by atoms with Crippen LogP contribution in [-0.4, -0.2) is 57.0 Å². The third kappa shape index (κ3) is 7.08. The maximum Gasteiger partial charge on any atom is 0.329 e. The number of hydrogen-bond acceptors (Lipinski definition) is 9. The van der Waals surface area contributed by atoms with Crippen LogP contribution in [0.4, 0.5) is 0 Å². The molecule has 0 aromatic carbocycles. The van der Waals surface area contributed by atoms with Crippen LogP contribution in [0.2, 0.25) is 0 Å². The normalized spacial score (nSPS) is 26.4. The highest BCUT2D eigenvalue weighted by Gasteiger charge is 2.41. The van der Waals surface area contributed by atoms with Gasteiger partial charge in [-0.25, -0.2) is 9.78 Å². The molecule has 0 spiro atoms. The van der Waals surface area contributed by atoms with E-state index in [1.807, 2.05) is 25.3 Å². The maximum atomic E-state index is 13.2. The van der Waals surface area contributed by atoms with Crippen LogP contribution in [0.5, 0.6) is 0 Å². The first-order valence-corrected chi connectivity index (χ1v) is 13.9. The molecule has 0 saturated carbocycles. The SMILES string of the molecule is CC(C)[C@@H]1NC(=O)[C@]2(C)CSC(=N2)c2csc(n2)CNC(=O)C[C@@H](/C=C/CCCCS)OC1=O. The molecule has 2 aliphatic rings. The summed E-state index contributed by atoms with van der Waals surface area (Å²) in [5.41, 5.74) is -0.306. The lowest BCUT2D eigenvalue weighted by atomic mass is 10.0. The fourth-order valence-electron chi connectivity index (χ4n) is 3.45. The number of aliphatic imine (C=N–C) groups is 1. The maximum absolute atomic E-state index is 13.2. The Morgan fingerprint density at radius 2 is 2.12 bits per heavy atom. The lowest BCUT2D eigenvalue weighted by Crippen LogP contribution is -2.53. The summed E-state index contributed by atoms with van der Waals surface area (Å²) in [5.74, 6) is -0.0706. The van der Waals surface area contributed by atoms with E-state index in [2.05, 4.69) is 33.2 Å². The van der Waals surface area contributed by atoms with E-state index in [-0.39, 0.29) is 30.7 Å². The molecular formula is C23H32N4O4S3. The van der Waals surface area contributed by atoms with Crippen molar-refractivity contribution in [3.05, 3.63) is 28.2 Å². The summed E-state index contributed by atoms with van der Waals surface area (Å²) >= 11 is 7.11. The molecule has 2 N–H and O–H groups in total. The van der Waals surface area contributed by atoms with Crippen LogP contribution in [0.25, 0.3) is 0 Å². The third-order valence-electron chi connectivity index (χ3n) is 5.53. The number of thiazole rings is 1. The first-order valence-electron chi connectivity index (χ1n) is 11.4. The van der Waals surface area contributed by atoms with E-state index in [0.717, 1.165) is 30.0 Å².